The van der Waals surface area contributed by atoms with E-state index in [4.69, 9.17) is 4.42 Å². The Bertz CT molecular complexity index is 1140. The molecule has 142 valence electrons. The molecule has 0 N–H and O–H groups in total. The molecule has 29 heavy (non-hydrogen) atoms. The van der Waals surface area contributed by atoms with Crippen molar-refractivity contribution in [2.24, 2.45) is 0 Å². The second-order valence-corrected chi connectivity index (χ2v) is 7.48. The molecule has 4 rings (SSSR count). The van der Waals surface area contributed by atoms with Crippen molar-refractivity contribution in [3.63, 3.8) is 0 Å². The summed E-state index contributed by atoms with van der Waals surface area (Å²) in [7, 11) is 0. The molecule has 0 saturated carbocycles. The lowest BCUT2D eigenvalue weighted by Gasteiger charge is -2.26. The van der Waals surface area contributed by atoms with E-state index >= 15 is 0 Å². The van der Waals surface area contributed by atoms with E-state index in [1.807, 2.05) is 42.5 Å². The molecule has 0 aliphatic heterocycles. The Balaban J connectivity index is 1.76. The Labute approximate surface area is 175 Å². The highest BCUT2D eigenvalue weighted by atomic mass is 32.1. The monoisotopic (exact) mass is 395 g/mol. The Morgan fingerprint density at radius 3 is 2.34 bits per heavy atom. The number of nitrogens with zero attached hydrogens (tertiary/aromatic N) is 1. The standard InChI is InChI=1S/C26H21NOS/c1-3-10-21(4-2)27(22-12-6-5-7-13-22)23-14-8-11-20(19-23)25-16-17-26(29-25)24-15-9-18-28-24/h3-19H,1-2H2/b21-10+. The number of thiophene rings is 1. The molecule has 2 nitrogen and oxygen atoms in total. The van der Waals surface area contributed by atoms with E-state index in [9.17, 15) is 0 Å². The molecule has 3 heteroatoms. The van der Waals surface area contributed by atoms with Gasteiger partial charge in [-0.3, -0.25) is 0 Å². The quantitative estimate of drug-likeness (QED) is 0.294. The molecule has 0 aliphatic carbocycles. The van der Waals surface area contributed by atoms with Crippen LogP contribution >= 0.6 is 11.3 Å². The zero-order chi connectivity index (χ0) is 20.1. The highest BCUT2D eigenvalue weighted by Crippen LogP contribution is 2.38. The van der Waals surface area contributed by atoms with Crippen molar-refractivity contribution in [3.05, 3.63) is 122 Å². The third kappa shape index (κ3) is 4.00. The molecule has 0 radical (unpaired) electrons. The summed E-state index contributed by atoms with van der Waals surface area (Å²) in [5, 5.41) is 0. The van der Waals surface area contributed by atoms with Crippen molar-refractivity contribution in [2.75, 3.05) is 4.90 Å². The van der Waals surface area contributed by atoms with Crippen LogP contribution in [-0.4, -0.2) is 0 Å². The van der Waals surface area contributed by atoms with E-state index in [2.05, 4.69) is 66.6 Å². The molecular formula is C26H21NOS. The van der Waals surface area contributed by atoms with Crippen molar-refractivity contribution in [1.82, 2.24) is 0 Å². The number of allylic oxidation sites excluding steroid dienone is 3. The van der Waals surface area contributed by atoms with Crippen LogP contribution in [0.25, 0.3) is 21.1 Å². The molecule has 0 atom stereocenters. The first-order chi connectivity index (χ1) is 14.3. The fourth-order valence-electron chi connectivity index (χ4n) is 3.22. The predicted octanol–water partition coefficient (Wildman–Crippen LogP) is 8.07. The maximum Gasteiger partial charge on any atom is 0.143 e. The zero-order valence-corrected chi connectivity index (χ0v) is 16.8. The summed E-state index contributed by atoms with van der Waals surface area (Å²) in [6, 6.07) is 26.9. The second-order valence-electron chi connectivity index (χ2n) is 6.39. The number of hydrogen-bond donors (Lipinski definition) is 0. The second kappa shape index (κ2) is 8.63. The van der Waals surface area contributed by atoms with Gasteiger partial charge >= 0.3 is 0 Å². The minimum atomic E-state index is 0.895. The van der Waals surface area contributed by atoms with Crippen LogP contribution in [0.4, 0.5) is 11.4 Å². The lowest BCUT2D eigenvalue weighted by Crippen LogP contribution is -2.14. The van der Waals surface area contributed by atoms with Crippen LogP contribution in [0, 0.1) is 0 Å². The Morgan fingerprint density at radius 2 is 1.62 bits per heavy atom. The molecule has 0 spiro atoms. The van der Waals surface area contributed by atoms with Crippen LogP contribution in [0.3, 0.4) is 0 Å². The Kier molecular flexibility index (Phi) is 5.59. The van der Waals surface area contributed by atoms with Gasteiger partial charge in [-0.25, -0.2) is 0 Å². The average molecular weight is 396 g/mol. The number of rotatable bonds is 7. The van der Waals surface area contributed by atoms with E-state index in [1.165, 1.54) is 4.88 Å². The third-order valence-corrected chi connectivity index (χ3v) is 5.68. The maximum absolute atomic E-state index is 5.54. The third-order valence-electron chi connectivity index (χ3n) is 4.53. The summed E-state index contributed by atoms with van der Waals surface area (Å²) >= 11 is 1.72. The molecule has 2 aromatic heterocycles. The number of furan rings is 1. The van der Waals surface area contributed by atoms with Gasteiger partial charge in [0, 0.05) is 21.9 Å². The van der Waals surface area contributed by atoms with Crippen LogP contribution in [0.5, 0.6) is 0 Å². The summed E-state index contributed by atoms with van der Waals surface area (Å²) in [5.41, 5.74) is 4.26. The first kappa shape index (κ1) is 18.8. The van der Waals surface area contributed by atoms with Gasteiger partial charge in [-0.15, -0.1) is 11.3 Å². The zero-order valence-electron chi connectivity index (χ0n) is 16.0. The molecule has 0 bridgehead atoms. The lowest BCUT2D eigenvalue weighted by atomic mass is 10.1. The topological polar surface area (TPSA) is 16.4 Å². The van der Waals surface area contributed by atoms with Crippen molar-refractivity contribution in [2.45, 2.75) is 0 Å². The SMILES string of the molecule is C=C/C=C(\C=C)N(c1ccccc1)c1cccc(-c2ccc(-c3ccco3)s2)c1. The van der Waals surface area contributed by atoms with Gasteiger partial charge in [0.1, 0.15) is 5.76 Å². The van der Waals surface area contributed by atoms with Gasteiger partial charge in [0.15, 0.2) is 0 Å². The maximum atomic E-state index is 5.54. The lowest BCUT2D eigenvalue weighted by molar-refractivity contribution is 0.584. The molecule has 2 heterocycles. The molecule has 0 fully saturated rings. The highest BCUT2D eigenvalue weighted by Gasteiger charge is 2.14. The van der Waals surface area contributed by atoms with Gasteiger partial charge in [-0.1, -0.05) is 49.6 Å². The van der Waals surface area contributed by atoms with Gasteiger partial charge in [0.2, 0.25) is 0 Å². The van der Waals surface area contributed by atoms with Gasteiger partial charge in [-0.05, 0) is 66.2 Å². The molecular weight excluding hydrogens is 374 g/mol. The molecule has 4 aromatic rings. The fourth-order valence-corrected chi connectivity index (χ4v) is 4.19. The Hall–Kier alpha value is -3.56. The van der Waals surface area contributed by atoms with Crippen LogP contribution in [0.15, 0.2) is 127 Å². The largest absolute Gasteiger partial charge is 0.464 e. The van der Waals surface area contributed by atoms with Crippen LogP contribution in [-0.2, 0) is 0 Å². The van der Waals surface area contributed by atoms with Gasteiger partial charge < -0.3 is 9.32 Å². The normalized spacial score (nSPS) is 11.2. The summed E-state index contributed by atoms with van der Waals surface area (Å²) in [4.78, 5) is 4.49. The van der Waals surface area contributed by atoms with E-state index < -0.39 is 0 Å². The molecule has 0 aliphatic rings. The van der Waals surface area contributed by atoms with Gasteiger partial charge in [-0.2, -0.15) is 0 Å². The van der Waals surface area contributed by atoms with Gasteiger partial charge in [0.05, 0.1) is 11.1 Å². The summed E-state index contributed by atoms with van der Waals surface area (Å²) in [6.45, 7) is 7.85. The van der Waals surface area contributed by atoms with Crippen molar-refractivity contribution in [3.8, 4) is 21.1 Å². The van der Waals surface area contributed by atoms with E-state index in [1.54, 1.807) is 23.7 Å². The highest BCUT2D eigenvalue weighted by molar-refractivity contribution is 7.18. The predicted molar refractivity (Wildman–Crippen MR) is 125 cm³/mol. The minimum Gasteiger partial charge on any atom is -0.464 e. The van der Waals surface area contributed by atoms with E-state index in [0.717, 1.165) is 33.3 Å². The first-order valence-corrected chi connectivity index (χ1v) is 10.2. The van der Waals surface area contributed by atoms with Crippen LogP contribution in [0.1, 0.15) is 0 Å². The van der Waals surface area contributed by atoms with Crippen LogP contribution in [0.2, 0.25) is 0 Å². The van der Waals surface area contributed by atoms with Crippen molar-refractivity contribution in [1.29, 1.82) is 0 Å². The summed E-state index contributed by atoms with van der Waals surface area (Å²) < 4.78 is 5.54. The number of anilines is 2. The average Bonchev–Trinajstić information content (AvgIpc) is 3.46. The van der Waals surface area contributed by atoms with E-state index in [-0.39, 0.29) is 0 Å². The molecule has 0 amide bonds. The molecule has 0 unspecified atom stereocenters. The van der Waals surface area contributed by atoms with Crippen LogP contribution < -0.4 is 4.90 Å². The first-order valence-electron chi connectivity index (χ1n) is 9.34. The Morgan fingerprint density at radius 1 is 0.828 bits per heavy atom. The smallest absolute Gasteiger partial charge is 0.143 e. The summed E-state index contributed by atoms with van der Waals surface area (Å²) in [5.74, 6) is 0.895. The van der Waals surface area contributed by atoms with Crippen molar-refractivity contribution < 1.29 is 4.42 Å². The minimum absolute atomic E-state index is 0.895. The number of para-hydroxylation sites is 1. The number of benzene rings is 2. The summed E-state index contributed by atoms with van der Waals surface area (Å²) in [6.07, 6.45) is 7.30. The fraction of sp³-hybridized carbons (Fsp3) is 0. The van der Waals surface area contributed by atoms with Gasteiger partial charge in [0.25, 0.3) is 0 Å². The molecule has 2 aromatic carbocycles. The number of hydrogen-bond acceptors (Lipinski definition) is 3. The van der Waals surface area contributed by atoms with E-state index in [0.29, 0.717) is 0 Å². The van der Waals surface area contributed by atoms with Crippen molar-refractivity contribution >= 4 is 22.7 Å². The molecule has 0 saturated heterocycles.